The van der Waals surface area contributed by atoms with Gasteiger partial charge in [0.1, 0.15) is 0 Å². The molecule has 0 amide bonds. The number of rotatable bonds is 6. The molecule has 230 valence electrons. The van der Waals surface area contributed by atoms with E-state index in [0.717, 1.165) is 15.7 Å². The fraction of sp³-hybridized carbons (Fsp3) is 0. The number of hydrogen-bond acceptors (Lipinski definition) is 3. The lowest BCUT2D eigenvalue weighted by Crippen LogP contribution is -2.00. The molecule has 0 aliphatic heterocycles. The Labute approximate surface area is 307 Å². The van der Waals surface area contributed by atoms with E-state index in [1.165, 1.54) is 0 Å². The summed E-state index contributed by atoms with van der Waals surface area (Å²) in [6.07, 6.45) is 0. The Kier molecular flexibility index (Phi) is 4.09. The van der Waals surface area contributed by atoms with Crippen molar-refractivity contribution in [2.75, 3.05) is 0 Å². The van der Waals surface area contributed by atoms with Crippen molar-refractivity contribution in [2.24, 2.45) is 0 Å². The summed E-state index contributed by atoms with van der Waals surface area (Å²) in [7, 11) is 0. The zero-order valence-electron chi connectivity index (χ0n) is 41.4. The topological polar surface area (TPSA) is 43.6 Å². The maximum atomic E-state index is 9.73. The third-order valence-corrected chi connectivity index (χ3v) is 7.88. The molecule has 2 heterocycles. The normalized spacial score (nSPS) is 15.8. The van der Waals surface area contributed by atoms with E-state index in [1.54, 1.807) is 42.5 Å². The first kappa shape index (κ1) is 16.4. The average molecular weight is 643 g/mol. The number of aromatic nitrogens is 4. The van der Waals surface area contributed by atoms with Crippen LogP contribution in [0.1, 0.15) is 21.9 Å². The van der Waals surface area contributed by atoms with Gasteiger partial charge in [0.2, 0.25) is 0 Å². The molecule has 0 radical (unpaired) electrons. The third kappa shape index (κ3) is 5.35. The number of hydrogen-bond donors (Lipinski definition) is 0. The predicted molar refractivity (Wildman–Crippen MR) is 201 cm³/mol. The molecule has 9 aromatic rings. The Morgan fingerprint density at radius 1 is 0.367 bits per heavy atom. The molecule has 4 nitrogen and oxygen atoms in total. The van der Waals surface area contributed by atoms with Crippen LogP contribution < -0.4 is 0 Å². The molecular weight excluding hydrogens is 597 g/mol. The molecule has 0 aliphatic rings. The molecule has 0 atom stereocenters. The average Bonchev–Trinajstić information content (AvgIpc) is 3.68. The second kappa shape index (κ2) is 12.2. The van der Waals surface area contributed by atoms with Crippen molar-refractivity contribution in [2.45, 2.75) is 0 Å². The Bertz CT molecular complexity index is 3460. The van der Waals surface area contributed by atoms with Crippen LogP contribution in [0.3, 0.4) is 0 Å². The lowest BCUT2D eigenvalue weighted by atomic mass is 10.0. The molecule has 7 aromatic carbocycles. The van der Waals surface area contributed by atoms with Crippen molar-refractivity contribution in [3.63, 3.8) is 0 Å². The molecule has 0 saturated carbocycles. The van der Waals surface area contributed by atoms with Gasteiger partial charge < -0.3 is 4.57 Å². The minimum atomic E-state index is -0.809. The maximum Gasteiger partial charge on any atom is 0.164 e. The fourth-order valence-corrected chi connectivity index (χ4v) is 5.57. The second-order valence-electron chi connectivity index (χ2n) is 10.9. The standard InChI is InChI=1S/C45H30N4/c1-4-13-31(14-5-1)32-23-25-34(26-24-32)44-46-43(33-15-6-2-7-16-33)47-45(48-44)37-18-12-17-35(29-37)36-27-28-40-39-21-10-11-22-41(39)49(42(40)30-36)38-19-8-3-9-20-38/h1-30H/i3D,8D,9D,10D,11D,12D,17D,18D,19D,20D,21D,22D,27D,28D,29D,30D. The Morgan fingerprint density at radius 3 is 1.63 bits per heavy atom. The van der Waals surface area contributed by atoms with Gasteiger partial charge in [0, 0.05) is 33.2 Å². The van der Waals surface area contributed by atoms with Crippen LogP contribution in [-0.2, 0) is 0 Å². The highest BCUT2D eigenvalue weighted by Gasteiger charge is 2.15. The van der Waals surface area contributed by atoms with E-state index < -0.39 is 130 Å². The van der Waals surface area contributed by atoms with Gasteiger partial charge in [-0.25, -0.2) is 15.0 Å². The monoisotopic (exact) mass is 642 g/mol. The quantitative estimate of drug-likeness (QED) is 0.181. The van der Waals surface area contributed by atoms with Gasteiger partial charge in [0.05, 0.1) is 33.0 Å². The minimum absolute atomic E-state index is 0.135. The summed E-state index contributed by atoms with van der Waals surface area (Å²) >= 11 is 0. The number of fused-ring (bicyclic) bond motifs is 3. The largest absolute Gasteiger partial charge is 0.309 e. The van der Waals surface area contributed by atoms with Crippen LogP contribution in [-0.4, -0.2) is 19.5 Å². The van der Waals surface area contributed by atoms with Crippen molar-refractivity contribution >= 4 is 21.8 Å². The molecule has 0 spiro atoms. The van der Waals surface area contributed by atoms with Gasteiger partial charge in [-0.3, -0.25) is 0 Å². The summed E-state index contributed by atoms with van der Waals surface area (Å²) in [6, 6.07) is 13.7. The van der Waals surface area contributed by atoms with Gasteiger partial charge in [-0.2, -0.15) is 0 Å². The first-order valence-electron chi connectivity index (χ1n) is 23.2. The predicted octanol–water partition coefficient (Wildman–Crippen LogP) is 11.3. The summed E-state index contributed by atoms with van der Waals surface area (Å²) < 4.78 is 144. The number of para-hydroxylation sites is 2. The highest BCUT2D eigenvalue weighted by molar-refractivity contribution is 6.10. The molecule has 9 rings (SSSR count). The van der Waals surface area contributed by atoms with Gasteiger partial charge in [0.25, 0.3) is 0 Å². The Hall–Kier alpha value is -6.65. The van der Waals surface area contributed by atoms with Crippen molar-refractivity contribution in [3.05, 3.63) is 182 Å². The summed E-state index contributed by atoms with van der Waals surface area (Å²) in [5.41, 5.74) is -0.157. The Morgan fingerprint density at radius 2 is 0.898 bits per heavy atom. The summed E-state index contributed by atoms with van der Waals surface area (Å²) in [6.45, 7) is 0. The van der Waals surface area contributed by atoms with E-state index in [4.69, 9.17) is 26.4 Å². The van der Waals surface area contributed by atoms with Gasteiger partial charge >= 0.3 is 0 Å². The van der Waals surface area contributed by atoms with Crippen LogP contribution in [0.15, 0.2) is 182 Å². The van der Waals surface area contributed by atoms with Crippen LogP contribution in [0, 0.1) is 0 Å². The van der Waals surface area contributed by atoms with Gasteiger partial charge in [0.15, 0.2) is 17.5 Å². The summed E-state index contributed by atoms with van der Waals surface area (Å²) in [4.78, 5) is 14.1. The van der Waals surface area contributed by atoms with Crippen molar-refractivity contribution < 1.29 is 21.9 Å². The molecule has 0 fully saturated rings. The van der Waals surface area contributed by atoms with Crippen LogP contribution in [0.5, 0.6) is 0 Å². The molecular formula is C45H30N4. The SMILES string of the molecule is [2H]c1c([2H])c([2H])c(-n2c3c([2H])c([2H])c([2H])c([2H])c3c3c([2H])c([2H])c(-c4c([2H])c([2H])c([2H])c(-c5nc(-c6ccccc6)nc(-c6ccc(-c7ccccc7)cc6)n5)c4[2H])c([2H])c32)c([2H])c1[2H]. The second-order valence-corrected chi connectivity index (χ2v) is 10.9. The molecule has 0 N–H and O–H groups in total. The molecule has 4 heteroatoms. The smallest absolute Gasteiger partial charge is 0.164 e. The maximum absolute atomic E-state index is 9.73. The van der Waals surface area contributed by atoms with E-state index >= 15 is 0 Å². The molecule has 49 heavy (non-hydrogen) atoms. The summed E-state index contributed by atoms with van der Waals surface area (Å²) in [5, 5.41) is -0.771. The molecule has 0 saturated heterocycles. The van der Waals surface area contributed by atoms with E-state index in [-0.39, 0.29) is 28.4 Å². The molecule has 0 unspecified atom stereocenters. The highest BCUT2D eigenvalue weighted by atomic mass is 15.0. The van der Waals surface area contributed by atoms with Crippen LogP contribution in [0.25, 0.3) is 83.9 Å². The minimum Gasteiger partial charge on any atom is -0.309 e. The van der Waals surface area contributed by atoms with Crippen LogP contribution in [0.4, 0.5) is 0 Å². The van der Waals surface area contributed by atoms with E-state index in [9.17, 15) is 5.48 Å². The first-order valence-corrected chi connectivity index (χ1v) is 15.2. The molecule has 0 bridgehead atoms. The van der Waals surface area contributed by atoms with Gasteiger partial charge in [-0.15, -0.1) is 0 Å². The van der Waals surface area contributed by atoms with Crippen LogP contribution in [0.2, 0.25) is 0 Å². The number of nitrogens with zero attached hydrogens (tertiary/aromatic N) is 4. The number of benzene rings is 7. The van der Waals surface area contributed by atoms with E-state index in [1.807, 2.05) is 42.5 Å². The van der Waals surface area contributed by atoms with Gasteiger partial charge in [-0.1, -0.05) is 151 Å². The Balaban J connectivity index is 1.37. The first-order chi connectivity index (χ1) is 31.0. The molecule has 0 aliphatic carbocycles. The fourth-order valence-electron chi connectivity index (χ4n) is 5.57. The van der Waals surface area contributed by atoms with E-state index in [2.05, 4.69) is 4.98 Å². The van der Waals surface area contributed by atoms with E-state index in [0.29, 0.717) is 11.1 Å². The molecule has 2 aromatic heterocycles. The third-order valence-electron chi connectivity index (χ3n) is 7.88. The summed E-state index contributed by atoms with van der Waals surface area (Å²) in [5.74, 6) is 0.0169. The zero-order chi connectivity index (χ0) is 46.5. The lowest BCUT2D eigenvalue weighted by molar-refractivity contribution is 1.07. The van der Waals surface area contributed by atoms with Crippen molar-refractivity contribution in [1.29, 1.82) is 0 Å². The lowest BCUT2D eigenvalue weighted by Gasteiger charge is -2.11. The van der Waals surface area contributed by atoms with Gasteiger partial charge in [-0.05, 0) is 52.5 Å². The van der Waals surface area contributed by atoms with Crippen molar-refractivity contribution in [1.82, 2.24) is 19.5 Å². The van der Waals surface area contributed by atoms with Crippen molar-refractivity contribution in [3.8, 4) is 62.1 Å². The zero-order valence-corrected chi connectivity index (χ0v) is 25.4. The van der Waals surface area contributed by atoms with Crippen LogP contribution >= 0.6 is 0 Å². The highest BCUT2D eigenvalue weighted by Crippen LogP contribution is 2.36.